The van der Waals surface area contributed by atoms with Crippen LogP contribution in [0.4, 0.5) is 5.69 Å². The number of anilines is 1. The van der Waals surface area contributed by atoms with Crippen LogP contribution in [0.25, 0.3) is 0 Å². The Labute approximate surface area is 186 Å². The number of amides is 1. The number of hydrogen-bond donors (Lipinski definition) is 0. The van der Waals surface area contributed by atoms with Crippen molar-refractivity contribution in [2.75, 3.05) is 18.4 Å². The Hall–Kier alpha value is -2.54. The normalized spacial score (nSPS) is 11.2. The first-order valence-electron chi connectivity index (χ1n) is 9.04. The molecule has 0 radical (unpaired) electrons. The Morgan fingerprint density at radius 3 is 2.27 bits per heavy atom. The molecule has 5 nitrogen and oxygen atoms in total. The molecule has 0 heterocycles. The lowest BCUT2D eigenvalue weighted by Gasteiger charge is -2.21. The van der Waals surface area contributed by atoms with E-state index in [0.29, 0.717) is 21.3 Å². The second kappa shape index (κ2) is 9.08. The third-order valence-electron chi connectivity index (χ3n) is 4.64. The molecule has 0 aromatic heterocycles. The smallest absolute Gasteiger partial charge is 0.264 e. The van der Waals surface area contributed by atoms with Gasteiger partial charge in [-0.15, -0.1) is 0 Å². The molecule has 0 unspecified atom stereocenters. The van der Waals surface area contributed by atoms with Crippen LogP contribution < -0.4 is 4.31 Å². The molecule has 3 aromatic rings. The average Bonchev–Trinajstić information content (AvgIpc) is 2.76. The summed E-state index contributed by atoms with van der Waals surface area (Å²) in [5, 5.41) is 0.798. The number of benzene rings is 3. The summed E-state index contributed by atoms with van der Waals surface area (Å²) < 4.78 is 27.2. The molecule has 0 atom stereocenters. The van der Waals surface area contributed by atoms with E-state index in [4.69, 9.17) is 23.2 Å². The second-order valence-corrected chi connectivity index (χ2v) is 9.46. The van der Waals surface area contributed by atoms with Crippen molar-refractivity contribution in [3.05, 3.63) is 94.0 Å². The minimum Gasteiger partial charge on any atom is -0.337 e. The van der Waals surface area contributed by atoms with Gasteiger partial charge in [0.15, 0.2) is 0 Å². The van der Waals surface area contributed by atoms with Crippen molar-refractivity contribution in [3.8, 4) is 0 Å². The highest BCUT2D eigenvalue weighted by molar-refractivity contribution is 7.92. The van der Waals surface area contributed by atoms with Crippen LogP contribution in [0.15, 0.2) is 77.7 Å². The van der Waals surface area contributed by atoms with E-state index in [1.807, 2.05) is 6.07 Å². The topological polar surface area (TPSA) is 57.7 Å². The summed E-state index contributed by atoms with van der Waals surface area (Å²) in [6.45, 7) is 0.235. The average molecular weight is 463 g/mol. The molecule has 0 N–H and O–H groups in total. The van der Waals surface area contributed by atoms with Crippen LogP contribution in [0, 0.1) is 0 Å². The van der Waals surface area contributed by atoms with Gasteiger partial charge >= 0.3 is 0 Å². The Kier molecular flexibility index (Phi) is 6.71. The first-order valence-corrected chi connectivity index (χ1v) is 11.2. The van der Waals surface area contributed by atoms with Crippen molar-refractivity contribution in [3.63, 3.8) is 0 Å². The summed E-state index contributed by atoms with van der Waals surface area (Å²) in [7, 11) is -0.720. The number of rotatable bonds is 6. The third-order valence-corrected chi connectivity index (χ3v) is 7.28. The van der Waals surface area contributed by atoms with Crippen LogP contribution in [-0.2, 0) is 16.6 Å². The largest absolute Gasteiger partial charge is 0.337 e. The number of carbonyl (C=O) groups excluding carboxylic acids is 1. The lowest BCUT2D eigenvalue weighted by atomic mass is 10.1. The molecule has 156 valence electrons. The summed E-state index contributed by atoms with van der Waals surface area (Å²) >= 11 is 12.2. The van der Waals surface area contributed by atoms with E-state index in [1.54, 1.807) is 61.6 Å². The number of hydrogen-bond acceptors (Lipinski definition) is 3. The predicted octanol–water partition coefficient (Wildman–Crippen LogP) is 5.09. The van der Waals surface area contributed by atoms with E-state index in [0.717, 1.165) is 0 Å². The van der Waals surface area contributed by atoms with Crippen molar-refractivity contribution < 1.29 is 13.2 Å². The zero-order chi connectivity index (χ0) is 21.9. The second-order valence-electron chi connectivity index (χ2n) is 6.71. The van der Waals surface area contributed by atoms with E-state index in [-0.39, 0.29) is 22.9 Å². The molecule has 0 bridgehead atoms. The number of para-hydroxylation sites is 1. The molecule has 1 amide bonds. The quantitative estimate of drug-likeness (QED) is 0.512. The van der Waals surface area contributed by atoms with Crippen molar-refractivity contribution in [2.45, 2.75) is 11.4 Å². The minimum absolute atomic E-state index is 0.0360. The van der Waals surface area contributed by atoms with E-state index in [9.17, 15) is 13.2 Å². The van der Waals surface area contributed by atoms with Gasteiger partial charge in [0.2, 0.25) is 0 Å². The van der Waals surface area contributed by atoms with Crippen molar-refractivity contribution in [1.29, 1.82) is 0 Å². The predicted molar refractivity (Wildman–Crippen MR) is 121 cm³/mol. The zero-order valence-corrected chi connectivity index (χ0v) is 18.7. The highest BCUT2D eigenvalue weighted by Gasteiger charge is 2.23. The van der Waals surface area contributed by atoms with E-state index in [1.165, 1.54) is 28.4 Å². The summed E-state index contributed by atoms with van der Waals surface area (Å²) in [6, 6.07) is 19.9. The molecular formula is C22H20Cl2N2O3S. The van der Waals surface area contributed by atoms with Gasteiger partial charge in [0.1, 0.15) is 0 Å². The molecule has 8 heteroatoms. The van der Waals surface area contributed by atoms with E-state index >= 15 is 0 Å². The van der Waals surface area contributed by atoms with Crippen molar-refractivity contribution in [2.24, 2.45) is 0 Å². The van der Waals surface area contributed by atoms with E-state index < -0.39 is 10.0 Å². The van der Waals surface area contributed by atoms with Crippen molar-refractivity contribution in [1.82, 2.24) is 4.90 Å². The van der Waals surface area contributed by atoms with Crippen LogP contribution in [0.1, 0.15) is 15.9 Å². The lowest BCUT2D eigenvalue weighted by Crippen LogP contribution is -2.28. The number of sulfonamides is 1. The lowest BCUT2D eigenvalue weighted by molar-refractivity contribution is 0.0785. The SMILES string of the molecule is CN(Cc1cccc(Cl)c1Cl)C(=O)c1cccc(S(=O)(=O)N(C)c2ccccc2)c1. The monoisotopic (exact) mass is 462 g/mol. The fourth-order valence-electron chi connectivity index (χ4n) is 2.94. The van der Waals surface area contributed by atoms with Crippen LogP contribution in [0.5, 0.6) is 0 Å². The fraction of sp³-hybridized carbons (Fsp3) is 0.136. The van der Waals surface area contributed by atoms with Gasteiger partial charge in [-0.2, -0.15) is 0 Å². The van der Waals surface area contributed by atoms with Gasteiger partial charge in [0.05, 0.1) is 20.6 Å². The molecule has 0 aliphatic heterocycles. The Balaban J connectivity index is 1.85. The van der Waals surface area contributed by atoms with Crippen molar-refractivity contribution >= 4 is 44.8 Å². The molecule has 0 saturated carbocycles. The third kappa shape index (κ3) is 4.61. The molecule has 0 spiro atoms. The molecule has 3 aromatic carbocycles. The van der Waals surface area contributed by atoms with Crippen LogP contribution in [-0.4, -0.2) is 33.3 Å². The van der Waals surface area contributed by atoms with Gasteiger partial charge in [-0.3, -0.25) is 9.10 Å². The van der Waals surface area contributed by atoms with Crippen LogP contribution in [0.3, 0.4) is 0 Å². The molecule has 3 rings (SSSR count). The zero-order valence-electron chi connectivity index (χ0n) is 16.4. The van der Waals surface area contributed by atoms with Gasteiger partial charge in [0.25, 0.3) is 15.9 Å². The minimum atomic E-state index is -3.82. The first-order chi connectivity index (χ1) is 14.2. The van der Waals surface area contributed by atoms with Gasteiger partial charge in [-0.25, -0.2) is 8.42 Å². The van der Waals surface area contributed by atoms with Gasteiger partial charge in [-0.1, -0.05) is 59.6 Å². The summed E-state index contributed by atoms with van der Waals surface area (Å²) in [5.41, 5.74) is 1.49. The summed E-state index contributed by atoms with van der Waals surface area (Å²) in [6.07, 6.45) is 0. The number of nitrogens with zero attached hydrogens (tertiary/aromatic N) is 2. The fourth-order valence-corrected chi connectivity index (χ4v) is 4.56. The maximum absolute atomic E-state index is 13.0. The number of halogens is 2. The maximum atomic E-state index is 13.0. The first kappa shape index (κ1) is 22.2. The summed E-state index contributed by atoms with van der Waals surface area (Å²) in [4.78, 5) is 14.4. The molecule has 0 fully saturated rings. The molecule has 30 heavy (non-hydrogen) atoms. The Morgan fingerprint density at radius 2 is 1.57 bits per heavy atom. The molecule has 0 aliphatic carbocycles. The van der Waals surface area contributed by atoms with Gasteiger partial charge < -0.3 is 4.90 Å². The number of carbonyl (C=O) groups is 1. The molecule has 0 saturated heterocycles. The Morgan fingerprint density at radius 1 is 0.900 bits per heavy atom. The highest BCUT2D eigenvalue weighted by atomic mass is 35.5. The summed E-state index contributed by atoms with van der Waals surface area (Å²) in [5.74, 6) is -0.328. The van der Waals surface area contributed by atoms with Crippen LogP contribution in [0.2, 0.25) is 10.0 Å². The van der Waals surface area contributed by atoms with Gasteiger partial charge in [0, 0.05) is 26.2 Å². The Bertz CT molecular complexity index is 1170. The molecular weight excluding hydrogens is 443 g/mol. The maximum Gasteiger partial charge on any atom is 0.264 e. The molecule has 0 aliphatic rings. The van der Waals surface area contributed by atoms with Gasteiger partial charge in [-0.05, 0) is 42.0 Å². The highest BCUT2D eigenvalue weighted by Crippen LogP contribution is 2.27. The van der Waals surface area contributed by atoms with E-state index in [2.05, 4.69) is 0 Å². The standard InChI is InChI=1S/C22H20Cl2N2O3S/c1-25(15-17-9-7-13-20(23)21(17)24)22(27)16-8-6-12-19(14-16)30(28,29)26(2)18-10-4-3-5-11-18/h3-14H,15H2,1-2H3. The van der Waals surface area contributed by atoms with Crippen LogP contribution >= 0.6 is 23.2 Å².